The Balaban J connectivity index is 1.96. The van der Waals surface area contributed by atoms with Crippen molar-refractivity contribution in [3.8, 4) is 0 Å². The van der Waals surface area contributed by atoms with Crippen LogP contribution in [0.3, 0.4) is 0 Å². The van der Waals surface area contributed by atoms with Gasteiger partial charge in [0.15, 0.2) is 0 Å². The van der Waals surface area contributed by atoms with Crippen LogP contribution in [0.4, 0.5) is 17.1 Å². The van der Waals surface area contributed by atoms with Crippen molar-refractivity contribution in [1.82, 2.24) is 0 Å². The largest absolute Gasteiger partial charge is 0.507 e. The van der Waals surface area contributed by atoms with Crippen molar-refractivity contribution in [2.75, 3.05) is 29.2 Å². The minimum atomic E-state index is -0.869. The summed E-state index contributed by atoms with van der Waals surface area (Å²) in [4.78, 5) is 42.2. The first kappa shape index (κ1) is 27.6. The molecule has 1 heterocycles. The Morgan fingerprint density at radius 3 is 2.23 bits per heavy atom. The van der Waals surface area contributed by atoms with Gasteiger partial charge in [-0.2, -0.15) is 0 Å². The van der Waals surface area contributed by atoms with Crippen LogP contribution in [0.25, 0.3) is 5.76 Å². The third-order valence-corrected chi connectivity index (χ3v) is 6.97. The van der Waals surface area contributed by atoms with Crippen molar-refractivity contribution in [3.63, 3.8) is 0 Å². The number of Topliss-reactive ketones (excluding diaryl/α,β-unsaturated/α-hetero) is 1. The Hall–Kier alpha value is -4.39. The number of rotatable bonds is 5. The topological polar surface area (TPSA) is 90.0 Å². The van der Waals surface area contributed by atoms with E-state index < -0.39 is 17.7 Å². The Bertz CT molecular complexity index is 1480. The van der Waals surface area contributed by atoms with Gasteiger partial charge in [-0.1, -0.05) is 51.1 Å². The third-order valence-electron chi connectivity index (χ3n) is 6.97. The molecule has 4 rings (SSSR count). The van der Waals surface area contributed by atoms with Gasteiger partial charge in [-0.3, -0.25) is 19.3 Å². The fourth-order valence-corrected chi connectivity index (χ4v) is 4.79. The SMILES string of the molecule is CC(=O)Nc1cccc(N2C(=O)C(=O)/C(=C(/O)c3cc(C(C)(C)C)ccc3C)C2c2ccc(N(C)C)cc2)c1. The normalized spacial score (nSPS) is 16.9. The summed E-state index contributed by atoms with van der Waals surface area (Å²) in [5.74, 6) is -1.97. The van der Waals surface area contributed by atoms with Crippen LogP contribution in [-0.2, 0) is 19.8 Å². The van der Waals surface area contributed by atoms with E-state index in [1.165, 1.54) is 11.8 Å². The number of aliphatic hydroxyl groups excluding tert-OH is 1. The number of amides is 2. The fourth-order valence-electron chi connectivity index (χ4n) is 4.79. The molecule has 2 N–H and O–H groups in total. The molecule has 7 nitrogen and oxygen atoms in total. The number of benzene rings is 3. The summed E-state index contributed by atoms with van der Waals surface area (Å²) in [5, 5.41) is 14.4. The van der Waals surface area contributed by atoms with E-state index >= 15 is 0 Å². The molecule has 0 radical (unpaired) electrons. The maximum Gasteiger partial charge on any atom is 0.300 e. The number of carbonyl (C=O) groups excluding carboxylic acids is 3. The number of anilines is 3. The van der Waals surface area contributed by atoms with Crippen LogP contribution in [0.15, 0.2) is 72.3 Å². The summed E-state index contributed by atoms with van der Waals surface area (Å²) in [7, 11) is 3.86. The van der Waals surface area contributed by atoms with E-state index in [0.29, 0.717) is 22.5 Å². The molecule has 0 bridgehead atoms. The Labute approximate surface area is 229 Å². The number of nitrogens with one attached hydrogen (secondary N) is 1. The van der Waals surface area contributed by atoms with Crippen molar-refractivity contribution in [1.29, 1.82) is 0 Å². The van der Waals surface area contributed by atoms with Crippen LogP contribution in [0, 0.1) is 6.92 Å². The van der Waals surface area contributed by atoms with Crippen molar-refractivity contribution in [2.45, 2.75) is 46.1 Å². The van der Waals surface area contributed by atoms with Crippen molar-refractivity contribution in [3.05, 3.63) is 94.6 Å². The lowest BCUT2D eigenvalue weighted by Crippen LogP contribution is -2.29. The average Bonchev–Trinajstić information content (AvgIpc) is 3.13. The molecule has 1 fully saturated rings. The highest BCUT2D eigenvalue weighted by Crippen LogP contribution is 2.43. The third kappa shape index (κ3) is 5.43. The zero-order valence-corrected chi connectivity index (χ0v) is 23.5. The monoisotopic (exact) mass is 525 g/mol. The maximum absolute atomic E-state index is 13.6. The summed E-state index contributed by atoms with van der Waals surface area (Å²) in [5.41, 5.74) is 4.72. The van der Waals surface area contributed by atoms with Gasteiger partial charge in [0.2, 0.25) is 5.91 Å². The van der Waals surface area contributed by atoms with Crippen LogP contribution in [-0.4, -0.2) is 36.8 Å². The van der Waals surface area contributed by atoms with E-state index in [1.54, 1.807) is 24.3 Å². The second-order valence-corrected chi connectivity index (χ2v) is 11.2. The smallest absolute Gasteiger partial charge is 0.300 e. The molecule has 39 heavy (non-hydrogen) atoms. The highest BCUT2D eigenvalue weighted by atomic mass is 16.3. The number of aliphatic hydroxyl groups is 1. The predicted molar refractivity (Wildman–Crippen MR) is 156 cm³/mol. The van der Waals surface area contributed by atoms with Gasteiger partial charge in [0.25, 0.3) is 11.7 Å². The molecule has 202 valence electrons. The van der Waals surface area contributed by atoms with Gasteiger partial charge in [-0.25, -0.2) is 0 Å². The second-order valence-electron chi connectivity index (χ2n) is 11.2. The number of ketones is 1. The van der Waals surface area contributed by atoms with Crippen LogP contribution in [0.1, 0.15) is 56.0 Å². The lowest BCUT2D eigenvalue weighted by molar-refractivity contribution is -0.132. The molecule has 1 atom stereocenters. The van der Waals surface area contributed by atoms with Crippen LogP contribution < -0.4 is 15.1 Å². The zero-order valence-electron chi connectivity index (χ0n) is 23.5. The number of aryl methyl sites for hydroxylation is 1. The van der Waals surface area contributed by atoms with Gasteiger partial charge in [0.05, 0.1) is 11.6 Å². The van der Waals surface area contributed by atoms with E-state index in [2.05, 4.69) is 26.1 Å². The van der Waals surface area contributed by atoms with Gasteiger partial charge in [0, 0.05) is 43.6 Å². The molecule has 0 saturated carbocycles. The second kappa shape index (κ2) is 10.4. The zero-order chi connectivity index (χ0) is 28.6. The van der Waals surface area contributed by atoms with Crippen molar-refractivity contribution >= 4 is 40.4 Å². The molecule has 3 aromatic rings. The van der Waals surface area contributed by atoms with Crippen LogP contribution in [0.5, 0.6) is 0 Å². The molecule has 1 aliphatic rings. The number of hydrogen-bond donors (Lipinski definition) is 2. The van der Waals surface area contributed by atoms with Crippen LogP contribution >= 0.6 is 0 Å². The lowest BCUT2D eigenvalue weighted by Gasteiger charge is -2.27. The predicted octanol–water partition coefficient (Wildman–Crippen LogP) is 5.94. The molecule has 7 heteroatoms. The minimum absolute atomic E-state index is 0.0247. The Kier molecular flexibility index (Phi) is 7.37. The van der Waals surface area contributed by atoms with Gasteiger partial charge >= 0.3 is 0 Å². The van der Waals surface area contributed by atoms with Gasteiger partial charge in [-0.05, 0) is 65.4 Å². The van der Waals surface area contributed by atoms with Crippen molar-refractivity contribution < 1.29 is 19.5 Å². The Morgan fingerprint density at radius 2 is 1.64 bits per heavy atom. The van der Waals surface area contributed by atoms with E-state index in [1.807, 2.05) is 68.4 Å². The van der Waals surface area contributed by atoms with E-state index in [-0.39, 0.29) is 22.7 Å². The highest BCUT2D eigenvalue weighted by molar-refractivity contribution is 6.51. The van der Waals surface area contributed by atoms with Crippen LogP contribution in [0.2, 0.25) is 0 Å². The number of hydrogen-bond acceptors (Lipinski definition) is 5. The van der Waals surface area contributed by atoms with Gasteiger partial charge < -0.3 is 15.3 Å². The molecule has 1 unspecified atom stereocenters. The fraction of sp³-hybridized carbons (Fsp3) is 0.281. The number of carbonyl (C=O) groups is 3. The van der Waals surface area contributed by atoms with E-state index in [0.717, 1.165) is 16.8 Å². The maximum atomic E-state index is 13.6. The summed E-state index contributed by atoms with van der Waals surface area (Å²) in [6, 6.07) is 19.3. The summed E-state index contributed by atoms with van der Waals surface area (Å²) in [6.45, 7) is 9.51. The standard InChI is InChI=1S/C32H35N3O4/c1-19-11-14-22(32(3,4)5)17-26(19)29(37)27-28(21-12-15-24(16-13-21)34(6)7)35(31(39)30(27)38)25-10-8-9-23(18-25)33-20(2)36/h8-18,28,37H,1-7H3,(H,33,36)/b29-27+. The van der Waals surface area contributed by atoms with Crippen molar-refractivity contribution in [2.24, 2.45) is 0 Å². The minimum Gasteiger partial charge on any atom is -0.507 e. The number of nitrogens with zero attached hydrogens (tertiary/aromatic N) is 2. The summed E-state index contributed by atoms with van der Waals surface area (Å²) < 4.78 is 0. The first-order chi connectivity index (χ1) is 18.3. The highest BCUT2D eigenvalue weighted by Gasteiger charge is 2.47. The first-order valence-electron chi connectivity index (χ1n) is 12.9. The van der Waals surface area contributed by atoms with Gasteiger partial charge in [-0.15, -0.1) is 0 Å². The van der Waals surface area contributed by atoms with E-state index in [9.17, 15) is 19.5 Å². The van der Waals surface area contributed by atoms with Gasteiger partial charge in [0.1, 0.15) is 5.76 Å². The molecule has 0 spiro atoms. The average molecular weight is 526 g/mol. The molecular weight excluding hydrogens is 490 g/mol. The summed E-state index contributed by atoms with van der Waals surface area (Å²) in [6.07, 6.45) is 0. The Morgan fingerprint density at radius 1 is 0.974 bits per heavy atom. The van der Waals surface area contributed by atoms with E-state index in [4.69, 9.17) is 0 Å². The molecule has 2 amide bonds. The quantitative estimate of drug-likeness (QED) is 0.244. The first-order valence-corrected chi connectivity index (χ1v) is 12.9. The molecule has 1 aliphatic heterocycles. The molecular formula is C32H35N3O4. The lowest BCUT2D eigenvalue weighted by atomic mass is 9.84. The molecule has 0 aromatic heterocycles. The molecule has 1 saturated heterocycles. The molecule has 3 aromatic carbocycles. The molecule has 0 aliphatic carbocycles. The summed E-state index contributed by atoms with van der Waals surface area (Å²) >= 11 is 0.